The normalized spacial score (nSPS) is 10.2. The third-order valence-electron chi connectivity index (χ3n) is 2.57. The topological polar surface area (TPSA) is 51.2 Å². The molecule has 0 aliphatic heterocycles. The number of anilines is 2. The van der Waals surface area contributed by atoms with Crippen molar-refractivity contribution in [3.05, 3.63) is 40.9 Å². The van der Waals surface area contributed by atoms with Crippen molar-refractivity contribution < 1.29 is 9.53 Å². The number of aryl methyl sites for hydroxylation is 1. The molecule has 5 heteroatoms. The van der Waals surface area contributed by atoms with Crippen LogP contribution < -0.4 is 5.32 Å². The first-order chi connectivity index (χ1) is 9.19. The largest absolute Gasteiger partial charge is 0.466 e. The van der Waals surface area contributed by atoms with Crippen LogP contribution in [0.4, 0.5) is 10.8 Å². The molecule has 0 fully saturated rings. The monoisotopic (exact) mass is 276 g/mol. The fraction of sp³-hybridized carbons (Fsp3) is 0.286. The summed E-state index contributed by atoms with van der Waals surface area (Å²) in [6, 6.07) is 8.01. The third-order valence-corrected chi connectivity index (χ3v) is 3.38. The van der Waals surface area contributed by atoms with Gasteiger partial charge >= 0.3 is 5.97 Å². The van der Waals surface area contributed by atoms with Gasteiger partial charge < -0.3 is 10.1 Å². The number of para-hydroxylation sites is 1. The lowest BCUT2D eigenvalue weighted by Gasteiger charge is -2.05. The molecule has 0 atom stereocenters. The Kier molecular flexibility index (Phi) is 4.52. The van der Waals surface area contributed by atoms with Crippen LogP contribution in [0.25, 0.3) is 0 Å². The quantitative estimate of drug-likeness (QED) is 0.851. The minimum atomic E-state index is -0.241. The van der Waals surface area contributed by atoms with Crippen molar-refractivity contribution in [3.8, 4) is 0 Å². The van der Waals surface area contributed by atoms with Crippen LogP contribution in [-0.2, 0) is 16.0 Å². The fourth-order valence-electron chi connectivity index (χ4n) is 1.63. The second-order valence-corrected chi connectivity index (χ2v) is 4.92. The molecule has 4 nitrogen and oxygen atoms in total. The van der Waals surface area contributed by atoms with Crippen LogP contribution in [0.2, 0.25) is 0 Å². The van der Waals surface area contributed by atoms with E-state index < -0.39 is 0 Å². The van der Waals surface area contributed by atoms with Crippen LogP contribution in [0.15, 0.2) is 29.6 Å². The summed E-state index contributed by atoms with van der Waals surface area (Å²) in [6.07, 6.45) is 0.222. The summed E-state index contributed by atoms with van der Waals surface area (Å²) in [7, 11) is 0. The average Bonchev–Trinajstić information content (AvgIpc) is 2.80. The van der Waals surface area contributed by atoms with Gasteiger partial charge in [0.1, 0.15) is 0 Å². The first-order valence-corrected chi connectivity index (χ1v) is 6.99. The number of aromatic nitrogens is 1. The summed E-state index contributed by atoms with van der Waals surface area (Å²) in [5.74, 6) is -0.241. The lowest BCUT2D eigenvalue weighted by Crippen LogP contribution is -2.07. The maximum Gasteiger partial charge on any atom is 0.311 e. The van der Waals surface area contributed by atoms with Crippen LogP contribution >= 0.6 is 11.3 Å². The number of benzene rings is 1. The molecule has 0 aliphatic rings. The molecule has 1 aromatic heterocycles. The highest BCUT2D eigenvalue weighted by Crippen LogP contribution is 2.23. The number of carbonyl (C=O) groups is 1. The molecule has 0 unspecified atom stereocenters. The zero-order chi connectivity index (χ0) is 13.7. The van der Waals surface area contributed by atoms with Crippen molar-refractivity contribution in [2.45, 2.75) is 20.3 Å². The van der Waals surface area contributed by atoms with E-state index in [9.17, 15) is 4.79 Å². The molecule has 0 saturated heterocycles. The van der Waals surface area contributed by atoms with Crippen LogP contribution in [0.5, 0.6) is 0 Å². The Morgan fingerprint density at radius 3 is 2.95 bits per heavy atom. The van der Waals surface area contributed by atoms with E-state index >= 15 is 0 Å². The fourth-order valence-corrected chi connectivity index (χ4v) is 2.36. The van der Waals surface area contributed by atoms with E-state index in [1.165, 1.54) is 11.3 Å². The maximum absolute atomic E-state index is 11.4. The number of esters is 1. The summed E-state index contributed by atoms with van der Waals surface area (Å²) >= 11 is 1.48. The first kappa shape index (κ1) is 13.5. The number of thiazole rings is 1. The van der Waals surface area contributed by atoms with E-state index in [2.05, 4.69) is 10.3 Å². The van der Waals surface area contributed by atoms with Crippen LogP contribution in [0.3, 0.4) is 0 Å². The molecule has 100 valence electrons. The first-order valence-electron chi connectivity index (χ1n) is 6.11. The minimum absolute atomic E-state index is 0.222. The minimum Gasteiger partial charge on any atom is -0.466 e. The molecule has 1 heterocycles. The highest BCUT2D eigenvalue weighted by atomic mass is 32.1. The summed E-state index contributed by atoms with van der Waals surface area (Å²) in [4.78, 5) is 15.7. The molecule has 1 aromatic carbocycles. The van der Waals surface area contributed by atoms with Gasteiger partial charge in [-0.15, -0.1) is 11.3 Å². The Morgan fingerprint density at radius 2 is 2.21 bits per heavy atom. The van der Waals surface area contributed by atoms with E-state index in [4.69, 9.17) is 4.74 Å². The van der Waals surface area contributed by atoms with Gasteiger partial charge in [-0.25, -0.2) is 4.98 Å². The summed E-state index contributed by atoms with van der Waals surface area (Å²) in [5.41, 5.74) is 2.92. The summed E-state index contributed by atoms with van der Waals surface area (Å²) in [6.45, 7) is 4.23. The molecule has 0 aliphatic carbocycles. The van der Waals surface area contributed by atoms with E-state index in [0.717, 1.165) is 22.1 Å². The average molecular weight is 276 g/mol. The number of hydrogen-bond acceptors (Lipinski definition) is 5. The van der Waals surface area contributed by atoms with Gasteiger partial charge in [0.15, 0.2) is 5.13 Å². The number of ether oxygens (including phenoxy) is 1. The van der Waals surface area contributed by atoms with E-state index in [0.29, 0.717) is 6.61 Å². The second kappa shape index (κ2) is 6.33. The van der Waals surface area contributed by atoms with E-state index in [1.807, 2.05) is 36.6 Å². The van der Waals surface area contributed by atoms with Gasteiger partial charge in [-0.2, -0.15) is 0 Å². The zero-order valence-electron chi connectivity index (χ0n) is 11.0. The highest BCUT2D eigenvalue weighted by molar-refractivity contribution is 7.13. The van der Waals surface area contributed by atoms with Crippen LogP contribution in [0, 0.1) is 6.92 Å². The van der Waals surface area contributed by atoms with Gasteiger partial charge in [0.25, 0.3) is 0 Å². The molecule has 2 rings (SSSR count). The van der Waals surface area contributed by atoms with E-state index in [1.54, 1.807) is 6.92 Å². The summed E-state index contributed by atoms with van der Waals surface area (Å²) in [5, 5.41) is 5.91. The number of rotatable bonds is 5. The molecule has 2 aromatic rings. The highest BCUT2D eigenvalue weighted by Gasteiger charge is 2.08. The van der Waals surface area contributed by atoms with Crippen molar-refractivity contribution in [1.82, 2.24) is 4.98 Å². The lowest BCUT2D eigenvalue weighted by atomic mass is 10.2. The Morgan fingerprint density at radius 1 is 1.42 bits per heavy atom. The molecule has 0 amide bonds. The number of hydrogen-bond donors (Lipinski definition) is 1. The Bertz CT molecular complexity index is 566. The Balaban J connectivity index is 2.02. The molecule has 0 bridgehead atoms. The molecule has 19 heavy (non-hydrogen) atoms. The number of carbonyl (C=O) groups excluding carboxylic acids is 1. The maximum atomic E-state index is 11.4. The molecule has 0 radical (unpaired) electrons. The van der Waals surface area contributed by atoms with Crippen molar-refractivity contribution in [1.29, 1.82) is 0 Å². The second-order valence-electron chi connectivity index (χ2n) is 4.07. The zero-order valence-corrected chi connectivity index (χ0v) is 11.8. The van der Waals surface area contributed by atoms with Gasteiger partial charge in [0.05, 0.1) is 18.7 Å². The van der Waals surface area contributed by atoms with Crippen LogP contribution in [-0.4, -0.2) is 17.6 Å². The number of nitrogens with zero attached hydrogens (tertiary/aromatic N) is 1. The summed E-state index contributed by atoms with van der Waals surface area (Å²) < 4.78 is 4.90. The Labute approximate surface area is 116 Å². The molecular formula is C14H16N2O2S. The van der Waals surface area contributed by atoms with Gasteiger partial charge in [0, 0.05) is 11.1 Å². The van der Waals surface area contributed by atoms with Gasteiger partial charge in [-0.3, -0.25) is 4.79 Å². The smallest absolute Gasteiger partial charge is 0.311 e. The predicted octanol–water partition coefficient (Wildman–Crippen LogP) is 3.30. The third kappa shape index (κ3) is 3.79. The van der Waals surface area contributed by atoms with Crippen molar-refractivity contribution in [3.63, 3.8) is 0 Å². The molecule has 0 saturated carbocycles. The predicted molar refractivity (Wildman–Crippen MR) is 76.9 cm³/mol. The lowest BCUT2D eigenvalue weighted by molar-refractivity contribution is -0.142. The molecular weight excluding hydrogens is 260 g/mol. The Hall–Kier alpha value is -1.88. The van der Waals surface area contributed by atoms with Crippen LogP contribution in [0.1, 0.15) is 18.2 Å². The van der Waals surface area contributed by atoms with Crippen molar-refractivity contribution in [2.75, 3.05) is 11.9 Å². The van der Waals surface area contributed by atoms with Gasteiger partial charge in [-0.1, -0.05) is 18.2 Å². The molecule has 0 spiro atoms. The van der Waals surface area contributed by atoms with Gasteiger partial charge in [-0.05, 0) is 25.5 Å². The SMILES string of the molecule is CCOC(=O)Cc1csc(Nc2ccccc2C)n1. The number of nitrogens with one attached hydrogen (secondary N) is 1. The van der Waals surface area contributed by atoms with Crippen molar-refractivity contribution in [2.24, 2.45) is 0 Å². The molecule has 1 N–H and O–H groups in total. The standard InChI is InChI=1S/C14H16N2O2S/c1-3-18-13(17)8-11-9-19-14(15-11)16-12-7-5-4-6-10(12)2/h4-7,9H,3,8H2,1-2H3,(H,15,16). The van der Waals surface area contributed by atoms with Gasteiger partial charge in [0.2, 0.25) is 0 Å². The van der Waals surface area contributed by atoms with Crippen molar-refractivity contribution >= 4 is 28.1 Å². The van der Waals surface area contributed by atoms with E-state index in [-0.39, 0.29) is 12.4 Å².